The third kappa shape index (κ3) is 2.08. The Labute approximate surface area is 58.9 Å². The Morgan fingerprint density at radius 1 is 1.38 bits per heavy atom. The van der Waals surface area contributed by atoms with Crippen molar-refractivity contribution in [2.75, 3.05) is 13.2 Å². The first-order chi connectivity index (χ1) is 3.71. The molecule has 0 unspecified atom stereocenters. The maximum atomic E-state index is 5.60. The molecule has 0 bridgehead atoms. The fourth-order valence-corrected chi connectivity index (χ4v) is 2.14. The van der Waals surface area contributed by atoms with Gasteiger partial charge in [-0.2, -0.15) is 0 Å². The van der Waals surface area contributed by atoms with Crippen LogP contribution in [0.2, 0.25) is 0 Å². The summed E-state index contributed by atoms with van der Waals surface area (Å²) in [5.41, 5.74) is 0. The van der Waals surface area contributed by atoms with Crippen LogP contribution in [0.3, 0.4) is 0 Å². The van der Waals surface area contributed by atoms with Crippen molar-refractivity contribution in [2.45, 2.75) is 6.42 Å². The molecule has 0 aromatic carbocycles. The summed E-state index contributed by atoms with van der Waals surface area (Å²) in [5, 5.41) is 0. The van der Waals surface area contributed by atoms with Gasteiger partial charge in [0, 0.05) is 0 Å². The summed E-state index contributed by atoms with van der Waals surface area (Å²) < 4.78 is 9.97. The molecule has 1 rings (SSSR count). The molecule has 0 atom stereocenters. The molecule has 49 valence electrons. The Balaban J connectivity index is 2.33. The van der Waals surface area contributed by atoms with E-state index < -0.39 is 6.27 Å². The summed E-state index contributed by atoms with van der Waals surface area (Å²) in [5.74, 6) is 0. The molecular weight excluding hydrogens is 167 g/mol. The molecule has 1 radical (unpaired) electrons. The molecular formula is C3H7ClO2PS. The van der Waals surface area contributed by atoms with Crippen LogP contribution in [0.1, 0.15) is 6.42 Å². The average Bonchev–Trinajstić information content (AvgIpc) is 1.65. The Morgan fingerprint density at radius 3 is 2.12 bits per heavy atom. The summed E-state index contributed by atoms with van der Waals surface area (Å²) in [6.45, 7) is 1.36. The molecule has 8 heavy (non-hydrogen) atoms. The summed E-state index contributed by atoms with van der Waals surface area (Å²) >= 11 is 9.55. The third-order valence-electron chi connectivity index (χ3n) is 0.790. The quantitative estimate of drug-likeness (QED) is 0.448. The predicted molar refractivity (Wildman–Crippen MR) is 38.3 cm³/mol. The van der Waals surface area contributed by atoms with E-state index in [9.17, 15) is 0 Å². The van der Waals surface area contributed by atoms with Gasteiger partial charge >= 0.3 is 0 Å². The smallest absolute Gasteiger partial charge is 0.247 e. The lowest BCUT2D eigenvalue weighted by Crippen LogP contribution is -2.05. The fourth-order valence-electron chi connectivity index (χ4n) is 0.450. The Morgan fingerprint density at radius 2 is 1.88 bits per heavy atom. The van der Waals surface area contributed by atoms with Crippen LogP contribution >= 0.6 is 29.8 Å². The molecule has 0 amide bonds. The average molecular weight is 174 g/mol. The molecule has 0 aliphatic carbocycles. The second-order valence-corrected chi connectivity index (χ2v) is 6.51. The van der Waals surface area contributed by atoms with E-state index in [1.165, 1.54) is 0 Å². The highest BCUT2D eigenvalue weighted by Gasteiger charge is 2.24. The first-order valence-electron chi connectivity index (χ1n) is 2.31. The lowest BCUT2D eigenvalue weighted by Gasteiger charge is -2.26. The minimum atomic E-state index is -2.17. The number of hydrogen-bond donors (Lipinski definition) is 1. The molecule has 1 fully saturated rings. The summed E-state index contributed by atoms with van der Waals surface area (Å²) in [6.07, 6.45) is -1.24. The van der Waals surface area contributed by atoms with Gasteiger partial charge in [0.2, 0.25) is 6.27 Å². The molecule has 2 nitrogen and oxygen atoms in total. The van der Waals surface area contributed by atoms with Crippen molar-refractivity contribution in [3.63, 3.8) is 0 Å². The van der Waals surface area contributed by atoms with E-state index in [1.54, 1.807) is 0 Å². The van der Waals surface area contributed by atoms with Crippen LogP contribution in [0.5, 0.6) is 0 Å². The van der Waals surface area contributed by atoms with E-state index in [-0.39, 0.29) is 0 Å². The molecule has 5 heteroatoms. The van der Waals surface area contributed by atoms with Gasteiger partial charge in [0.15, 0.2) is 0 Å². The standard InChI is InChI=1S/C3H7ClO2PS/c4-7(8)5-2-1-3-6-7/h8H,1-3H2. The highest BCUT2D eigenvalue weighted by Crippen LogP contribution is 2.71. The van der Waals surface area contributed by atoms with Gasteiger partial charge in [0.1, 0.15) is 0 Å². The number of halogens is 1. The van der Waals surface area contributed by atoms with Gasteiger partial charge in [-0.25, -0.2) is 0 Å². The van der Waals surface area contributed by atoms with E-state index in [0.29, 0.717) is 13.2 Å². The zero-order chi connectivity index (χ0) is 6.04. The first kappa shape index (κ1) is 7.10. The van der Waals surface area contributed by atoms with Crippen molar-refractivity contribution in [2.24, 2.45) is 0 Å². The highest BCUT2D eigenvalue weighted by molar-refractivity contribution is 8.58. The molecule has 1 aliphatic heterocycles. The molecule has 0 spiro atoms. The van der Waals surface area contributed by atoms with Gasteiger partial charge in [0.25, 0.3) is 0 Å². The van der Waals surface area contributed by atoms with Crippen LogP contribution < -0.4 is 0 Å². The number of thiol groups is 1. The molecule has 1 saturated heterocycles. The lowest BCUT2D eigenvalue weighted by atomic mass is 10.5. The lowest BCUT2D eigenvalue weighted by molar-refractivity contribution is 0.187. The van der Waals surface area contributed by atoms with Crippen molar-refractivity contribution in [3.05, 3.63) is 0 Å². The van der Waals surface area contributed by atoms with Crippen molar-refractivity contribution >= 4 is 29.8 Å². The second kappa shape index (κ2) is 2.72. The Hall–Kier alpha value is 0.990. The zero-order valence-electron chi connectivity index (χ0n) is 4.21. The van der Waals surface area contributed by atoms with Crippen LogP contribution in [0.25, 0.3) is 0 Å². The Bertz CT molecular complexity index is 81.4. The molecule has 1 heterocycles. The van der Waals surface area contributed by atoms with Crippen LogP contribution in [0.15, 0.2) is 0 Å². The molecule has 0 aromatic rings. The van der Waals surface area contributed by atoms with Gasteiger partial charge in [0.05, 0.1) is 13.2 Å². The van der Waals surface area contributed by atoms with Crippen LogP contribution in [-0.4, -0.2) is 13.2 Å². The van der Waals surface area contributed by atoms with Gasteiger partial charge in [-0.05, 0) is 17.7 Å². The maximum Gasteiger partial charge on any atom is 0.247 e. The zero-order valence-corrected chi connectivity index (χ0v) is 6.75. The summed E-state index contributed by atoms with van der Waals surface area (Å²) in [7, 11) is 0. The van der Waals surface area contributed by atoms with Gasteiger partial charge in [-0.15, -0.1) is 0 Å². The maximum absolute atomic E-state index is 5.60. The van der Waals surface area contributed by atoms with Crippen LogP contribution in [-0.2, 0) is 9.05 Å². The van der Waals surface area contributed by atoms with Crippen molar-refractivity contribution in [1.82, 2.24) is 0 Å². The largest absolute Gasteiger partial charge is 0.321 e. The first-order valence-corrected chi connectivity index (χ1v) is 5.99. The monoisotopic (exact) mass is 173 g/mol. The molecule has 0 saturated carbocycles. The SMILES string of the molecule is S[P]1(Cl)OCCCO1. The number of hydrogen-bond acceptors (Lipinski definition) is 3. The normalized spacial score (nSPS) is 27.8. The van der Waals surface area contributed by atoms with Gasteiger partial charge < -0.3 is 9.05 Å². The van der Waals surface area contributed by atoms with Crippen molar-refractivity contribution in [3.8, 4) is 0 Å². The van der Waals surface area contributed by atoms with E-state index in [2.05, 4.69) is 12.2 Å². The summed E-state index contributed by atoms with van der Waals surface area (Å²) in [4.78, 5) is 0. The Kier molecular flexibility index (Phi) is 2.41. The van der Waals surface area contributed by atoms with Gasteiger partial charge in [-0.1, -0.05) is 12.2 Å². The topological polar surface area (TPSA) is 18.5 Å². The van der Waals surface area contributed by atoms with E-state index >= 15 is 0 Å². The van der Waals surface area contributed by atoms with Crippen molar-refractivity contribution in [1.29, 1.82) is 0 Å². The van der Waals surface area contributed by atoms with Crippen LogP contribution in [0.4, 0.5) is 0 Å². The van der Waals surface area contributed by atoms with E-state index in [4.69, 9.17) is 20.3 Å². The molecule has 0 N–H and O–H groups in total. The predicted octanol–water partition coefficient (Wildman–Crippen LogP) is 2.27. The summed E-state index contributed by atoms with van der Waals surface area (Å²) in [6, 6.07) is 0. The minimum Gasteiger partial charge on any atom is -0.321 e. The fraction of sp³-hybridized carbons (Fsp3) is 1.00. The van der Waals surface area contributed by atoms with E-state index in [0.717, 1.165) is 6.42 Å². The third-order valence-corrected chi connectivity index (χ3v) is 3.07. The minimum absolute atomic E-state index is 0.681. The molecule has 1 aliphatic rings. The highest BCUT2D eigenvalue weighted by atomic mass is 35.7. The molecule has 0 aromatic heterocycles. The number of rotatable bonds is 0. The van der Waals surface area contributed by atoms with Crippen LogP contribution in [0, 0.1) is 0 Å². The second-order valence-electron chi connectivity index (χ2n) is 1.47. The van der Waals surface area contributed by atoms with Gasteiger partial charge in [-0.3, -0.25) is 0 Å². The van der Waals surface area contributed by atoms with E-state index in [1.807, 2.05) is 0 Å². The van der Waals surface area contributed by atoms with Crippen molar-refractivity contribution < 1.29 is 9.05 Å².